The lowest BCUT2D eigenvalue weighted by Crippen LogP contribution is -2.04. The van der Waals surface area contributed by atoms with Crippen LogP contribution in [0, 0.1) is 18.3 Å². The van der Waals surface area contributed by atoms with E-state index in [-0.39, 0.29) is 0 Å². The van der Waals surface area contributed by atoms with Gasteiger partial charge in [-0.1, -0.05) is 0 Å². The summed E-state index contributed by atoms with van der Waals surface area (Å²) >= 11 is 0. The third kappa shape index (κ3) is 1.53. The number of hydrogen-bond donors (Lipinski definition) is 1. The van der Waals surface area contributed by atoms with Crippen molar-refractivity contribution < 1.29 is 0 Å². The van der Waals surface area contributed by atoms with Crippen LogP contribution in [0.5, 0.6) is 0 Å². The molecule has 2 heterocycles. The number of nitriles is 1. The Morgan fingerprint density at radius 3 is 2.93 bits per heavy atom. The van der Waals surface area contributed by atoms with Crippen molar-refractivity contribution in [1.29, 1.82) is 5.26 Å². The summed E-state index contributed by atoms with van der Waals surface area (Å²) in [4.78, 5) is 4.09. The Balaban J connectivity index is 2.59. The van der Waals surface area contributed by atoms with Gasteiger partial charge in [0.05, 0.1) is 17.4 Å². The lowest BCUT2D eigenvalue weighted by atomic mass is 10.2. The van der Waals surface area contributed by atoms with E-state index in [0.29, 0.717) is 17.1 Å². The SMILES string of the molecule is Cc1cnn(-c2nccc(C#N)c2N)c1. The number of aryl methyl sites for hydroxylation is 1. The van der Waals surface area contributed by atoms with Gasteiger partial charge in [-0.25, -0.2) is 9.67 Å². The standard InChI is InChI=1S/C10H9N5/c1-7-5-14-15(6-7)10-9(12)8(4-11)2-3-13-10/h2-3,5-6H,12H2,1H3. The van der Waals surface area contributed by atoms with E-state index in [4.69, 9.17) is 11.0 Å². The molecule has 0 fully saturated rings. The molecular weight excluding hydrogens is 190 g/mol. The number of nitrogens with two attached hydrogens (primary N) is 1. The summed E-state index contributed by atoms with van der Waals surface area (Å²) < 4.78 is 1.56. The molecule has 0 aromatic carbocycles. The normalized spacial score (nSPS) is 9.87. The van der Waals surface area contributed by atoms with E-state index in [2.05, 4.69) is 10.1 Å². The van der Waals surface area contributed by atoms with Crippen molar-refractivity contribution in [1.82, 2.24) is 14.8 Å². The van der Waals surface area contributed by atoms with E-state index in [1.165, 1.54) is 0 Å². The molecule has 2 aromatic heterocycles. The average Bonchev–Trinajstić information content (AvgIpc) is 2.65. The van der Waals surface area contributed by atoms with Crippen molar-refractivity contribution in [2.24, 2.45) is 0 Å². The smallest absolute Gasteiger partial charge is 0.177 e. The van der Waals surface area contributed by atoms with Gasteiger partial charge in [0, 0.05) is 12.4 Å². The van der Waals surface area contributed by atoms with E-state index >= 15 is 0 Å². The molecule has 0 aliphatic rings. The summed E-state index contributed by atoms with van der Waals surface area (Å²) in [6.45, 7) is 1.92. The topological polar surface area (TPSA) is 80.5 Å². The number of rotatable bonds is 1. The van der Waals surface area contributed by atoms with Crippen molar-refractivity contribution in [3.63, 3.8) is 0 Å². The highest BCUT2D eigenvalue weighted by atomic mass is 15.3. The third-order valence-electron chi connectivity index (χ3n) is 2.02. The van der Waals surface area contributed by atoms with Crippen LogP contribution in [-0.2, 0) is 0 Å². The second kappa shape index (κ2) is 3.42. The second-order valence-electron chi connectivity index (χ2n) is 3.17. The molecule has 15 heavy (non-hydrogen) atoms. The molecule has 0 unspecified atom stereocenters. The first-order valence-corrected chi connectivity index (χ1v) is 4.38. The van der Waals surface area contributed by atoms with Crippen LogP contribution < -0.4 is 5.73 Å². The van der Waals surface area contributed by atoms with E-state index in [9.17, 15) is 0 Å². The van der Waals surface area contributed by atoms with Gasteiger partial charge in [0.1, 0.15) is 6.07 Å². The van der Waals surface area contributed by atoms with Crippen molar-refractivity contribution in [2.45, 2.75) is 6.92 Å². The summed E-state index contributed by atoms with van der Waals surface area (Å²) in [5.41, 5.74) is 7.56. The number of nitrogen functional groups attached to an aromatic ring is 1. The molecule has 5 nitrogen and oxygen atoms in total. The first-order valence-electron chi connectivity index (χ1n) is 4.38. The molecule has 2 aromatic rings. The Morgan fingerprint density at radius 1 is 1.53 bits per heavy atom. The first kappa shape index (κ1) is 9.21. The number of anilines is 1. The van der Waals surface area contributed by atoms with Crippen molar-refractivity contribution in [2.75, 3.05) is 5.73 Å². The average molecular weight is 199 g/mol. The zero-order valence-corrected chi connectivity index (χ0v) is 8.18. The van der Waals surface area contributed by atoms with Gasteiger partial charge >= 0.3 is 0 Å². The second-order valence-corrected chi connectivity index (χ2v) is 3.17. The zero-order chi connectivity index (χ0) is 10.8. The molecule has 74 valence electrons. The molecule has 0 saturated heterocycles. The van der Waals surface area contributed by atoms with Crippen LogP contribution in [0.25, 0.3) is 5.82 Å². The molecule has 0 amide bonds. The van der Waals surface area contributed by atoms with Crippen molar-refractivity contribution in [3.8, 4) is 11.9 Å². The molecule has 2 N–H and O–H groups in total. The molecule has 0 aliphatic heterocycles. The minimum absolute atomic E-state index is 0.350. The highest BCUT2D eigenvalue weighted by molar-refractivity contribution is 5.62. The van der Waals surface area contributed by atoms with Gasteiger partial charge < -0.3 is 5.73 Å². The largest absolute Gasteiger partial charge is 0.395 e. The molecule has 0 saturated carbocycles. The van der Waals surface area contributed by atoms with Crippen molar-refractivity contribution >= 4 is 5.69 Å². The molecule has 2 rings (SSSR count). The lowest BCUT2D eigenvalue weighted by Gasteiger charge is -2.04. The van der Waals surface area contributed by atoms with Gasteiger partial charge in [0.2, 0.25) is 0 Å². The van der Waals surface area contributed by atoms with Crippen molar-refractivity contribution in [3.05, 3.63) is 35.8 Å². The quantitative estimate of drug-likeness (QED) is 0.743. The predicted octanol–water partition coefficient (Wildman–Crippen LogP) is 1.03. The molecule has 0 bridgehead atoms. The number of nitrogens with zero attached hydrogens (tertiary/aromatic N) is 4. The first-order chi connectivity index (χ1) is 7.22. The van der Waals surface area contributed by atoms with Crippen LogP contribution in [0.1, 0.15) is 11.1 Å². The number of hydrogen-bond acceptors (Lipinski definition) is 4. The van der Waals surface area contributed by atoms with E-state index in [0.717, 1.165) is 5.56 Å². The minimum Gasteiger partial charge on any atom is -0.395 e. The Kier molecular flexibility index (Phi) is 2.10. The summed E-state index contributed by atoms with van der Waals surface area (Å²) in [6, 6.07) is 3.58. The molecule has 5 heteroatoms. The lowest BCUT2D eigenvalue weighted by molar-refractivity contribution is 0.849. The Bertz CT molecular complexity index is 535. The number of pyridine rings is 1. The van der Waals surface area contributed by atoms with Crippen LogP contribution in [-0.4, -0.2) is 14.8 Å². The Morgan fingerprint density at radius 2 is 2.33 bits per heavy atom. The summed E-state index contributed by atoms with van der Waals surface area (Å²) in [7, 11) is 0. The van der Waals surface area contributed by atoms with E-state index in [1.54, 1.807) is 29.3 Å². The van der Waals surface area contributed by atoms with Gasteiger partial charge in [-0.05, 0) is 18.6 Å². The fourth-order valence-corrected chi connectivity index (χ4v) is 1.27. The van der Waals surface area contributed by atoms with E-state index < -0.39 is 0 Å². The fraction of sp³-hybridized carbons (Fsp3) is 0.100. The van der Waals surface area contributed by atoms with Gasteiger partial charge in [-0.15, -0.1) is 0 Å². The molecule has 0 aliphatic carbocycles. The van der Waals surface area contributed by atoms with Gasteiger partial charge in [0.15, 0.2) is 5.82 Å². The monoisotopic (exact) mass is 199 g/mol. The van der Waals surface area contributed by atoms with Crippen LogP contribution in [0.15, 0.2) is 24.7 Å². The minimum atomic E-state index is 0.350. The Labute approximate surface area is 86.8 Å². The molecule has 0 atom stereocenters. The van der Waals surface area contributed by atoms with Gasteiger partial charge in [0.25, 0.3) is 0 Å². The van der Waals surface area contributed by atoms with Crippen LogP contribution in [0.3, 0.4) is 0 Å². The summed E-state index contributed by atoms with van der Waals surface area (Å²) in [5.74, 6) is 0.488. The molecule has 0 spiro atoms. The highest BCUT2D eigenvalue weighted by Crippen LogP contribution is 2.17. The maximum Gasteiger partial charge on any atom is 0.177 e. The predicted molar refractivity (Wildman–Crippen MR) is 55.2 cm³/mol. The zero-order valence-electron chi connectivity index (χ0n) is 8.18. The summed E-state index contributed by atoms with van der Waals surface area (Å²) in [5, 5.41) is 12.9. The van der Waals surface area contributed by atoms with E-state index in [1.807, 2.05) is 13.0 Å². The summed E-state index contributed by atoms with van der Waals surface area (Å²) in [6.07, 6.45) is 5.06. The molecular formula is C10H9N5. The Hall–Kier alpha value is -2.35. The number of aromatic nitrogens is 3. The van der Waals surface area contributed by atoms with Crippen LogP contribution in [0.4, 0.5) is 5.69 Å². The maximum atomic E-state index is 8.81. The third-order valence-corrected chi connectivity index (χ3v) is 2.02. The fourth-order valence-electron chi connectivity index (χ4n) is 1.27. The van der Waals surface area contributed by atoms with Gasteiger partial charge in [-0.3, -0.25) is 0 Å². The van der Waals surface area contributed by atoms with Gasteiger partial charge in [-0.2, -0.15) is 10.4 Å². The van der Waals surface area contributed by atoms with Crippen LogP contribution >= 0.6 is 0 Å². The molecule has 0 radical (unpaired) electrons. The highest BCUT2D eigenvalue weighted by Gasteiger charge is 2.08. The maximum absolute atomic E-state index is 8.81. The van der Waals surface area contributed by atoms with Crippen LogP contribution in [0.2, 0.25) is 0 Å².